The Morgan fingerprint density at radius 1 is 1.36 bits per heavy atom. The maximum absolute atomic E-state index is 12.1. The first-order chi connectivity index (χ1) is 11.2. The van der Waals surface area contributed by atoms with Crippen LogP contribution in [0.4, 0.5) is 0 Å². The summed E-state index contributed by atoms with van der Waals surface area (Å²) in [4.78, 5) is 18.6. The summed E-state index contributed by atoms with van der Waals surface area (Å²) in [5.74, 6) is 2.11. The SMILES string of the molecule is CC(C)CN=C(NCCc1ccco1)N(C)CC(=O)NC(C)(C)C.I. The molecule has 1 aromatic heterocycles. The highest BCUT2D eigenvalue weighted by atomic mass is 127. The van der Waals surface area contributed by atoms with Gasteiger partial charge >= 0.3 is 0 Å². The van der Waals surface area contributed by atoms with Gasteiger partial charge in [-0.1, -0.05) is 13.8 Å². The third-order valence-corrected chi connectivity index (χ3v) is 3.10. The van der Waals surface area contributed by atoms with Gasteiger partial charge in [0.1, 0.15) is 5.76 Å². The molecule has 0 saturated heterocycles. The molecule has 1 amide bonds. The van der Waals surface area contributed by atoms with E-state index in [0.29, 0.717) is 19.0 Å². The van der Waals surface area contributed by atoms with Crippen LogP contribution in [0.15, 0.2) is 27.8 Å². The summed E-state index contributed by atoms with van der Waals surface area (Å²) < 4.78 is 5.34. The molecule has 0 aliphatic rings. The van der Waals surface area contributed by atoms with Crippen molar-refractivity contribution >= 4 is 35.8 Å². The minimum Gasteiger partial charge on any atom is -0.469 e. The third-order valence-electron chi connectivity index (χ3n) is 3.10. The van der Waals surface area contributed by atoms with E-state index in [1.165, 1.54) is 0 Å². The molecular formula is C18H33IN4O2. The number of guanidine groups is 1. The third kappa shape index (κ3) is 11.1. The molecule has 0 fully saturated rings. The van der Waals surface area contributed by atoms with Gasteiger partial charge in [-0.25, -0.2) is 0 Å². The van der Waals surface area contributed by atoms with Crippen LogP contribution < -0.4 is 10.6 Å². The molecule has 0 radical (unpaired) electrons. The lowest BCUT2D eigenvalue weighted by Crippen LogP contribution is -2.49. The first-order valence-electron chi connectivity index (χ1n) is 8.50. The highest BCUT2D eigenvalue weighted by molar-refractivity contribution is 14.0. The van der Waals surface area contributed by atoms with Crippen LogP contribution in [0.3, 0.4) is 0 Å². The Kier molecular flexibility index (Phi) is 10.8. The normalized spacial score (nSPS) is 11.9. The Hall–Kier alpha value is -1.25. The van der Waals surface area contributed by atoms with Crippen molar-refractivity contribution in [2.24, 2.45) is 10.9 Å². The molecule has 0 aliphatic heterocycles. The van der Waals surface area contributed by atoms with Crippen molar-refractivity contribution in [1.29, 1.82) is 0 Å². The average molecular weight is 464 g/mol. The molecule has 0 atom stereocenters. The summed E-state index contributed by atoms with van der Waals surface area (Å²) in [6.07, 6.45) is 2.45. The quantitative estimate of drug-likeness (QED) is 0.370. The summed E-state index contributed by atoms with van der Waals surface area (Å²) in [7, 11) is 1.88. The fourth-order valence-corrected chi connectivity index (χ4v) is 2.08. The van der Waals surface area contributed by atoms with Gasteiger partial charge in [0.05, 0.1) is 12.8 Å². The van der Waals surface area contributed by atoms with Gasteiger partial charge in [-0.15, -0.1) is 24.0 Å². The number of furan rings is 1. The maximum Gasteiger partial charge on any atom is 0.240 e. The number of rotatable bonds is 7. The zero-order chi connectivity index (χ0) is 18.2. The lowest BCUT2D eigenvalue weighted by Gasteiger charge is -2.25. The first-order valence-corrected chi connectivity index (χ1v) is 8.50. The topological polar surface area (TPSA) is 69.9 Å². The van der Waals surface area contributed by atoms with E-state index in [4.69, 9.17) is 4.42 Å². The van der Waals surface area contributed by atoms with Crippen LogP contribution in [0.25, 0.3) is 0 Å². The van der Waals surface area contributed by atoms with Gasteiger partial charge in [-0.2, -0.15) is 0 Å². The van der Waals surface area contributed by atoms with Crippen LogP contribution in [-0.4, -0.2) is 49.0 Å². The molecule has 0 bridgehead atoms. The van der Waals surface area contributed by atoms with Gasteiger partial charge in [0.2, 0.25) is 5.91 Å². The van der Waals surface area contributed by atoms with Crippen molar-refractivity contribution in [3.05, 3.63) is 24.2 Å². The van der Waals surface area contributed by atoms with Crippen molar-refractivity contribution in [2.75, 3.05) is 26.7 Å². The fraction of sp³-hybridized carbons (Fsp3) is 0.667. The van der Waals surface area contributed by atoms with Crippen LogP contribution in [0.5, 0.6) is 0 Å². The minimum atomic E-state index is -0.236. The Morgan fingerprint density at radius 3 is 2.56 bits per heavy atom. The van der Waals surface area contributed by atoms with Gasteiger partial charge in [-0.05, 0) is 38.8 Å². The second kappa shape index (κ2) is 11.4. The van der Waals surface area contributed by atoms with Gasteiger partial charge in [0.25, 0.3) is 0 Å². The lowest BCUT2D eigenvalue weighted by molar-refractivity contribution is -0.122. The second-order valence-electron chi connectivity index (χ2n) is 7.47. The van der Waals surface area contributed by atoms with Gasteiger partial charge in [-0.3, -0.25) is 9.79 Å². The smallest absolute Gasteiger partial charge is 0.240 e. The van der Waals surface area contributed by atoms with Gasteiger partial charge in [0, 0.05) is 32.1 Å². The molecule has 144 valence electrons. The number of hydrogen-bond donors (Lipinski definition) is 2. The highest BCUT2D eigenvalue weighted by Crippen LogP contribution is 2.01. The first kappa shape index (κ1) is 23.8. The number of carbonyl (C=O) groups excluding carboxylic acids is 1. The molecule has 1 rings (SSSR count). The standard InChI is InChI=1S/C18H32N4O2.HI/c1-14(2)12-20-17(19-10-9-15-8-7-11-24-15)22(6)13-16(23)21-18(3,4)5;/h7-8,11,14H,9-10,12-13H2,1-6H3,(H,19,20)(H,21,23);1H. The molecular weight excluding hydrogens is 431 g/mol. The Bertz CT molecular complexity index is 522. The van der Waals surface area contributed by atoms with E-state index in [0.717, 1.165) is 18.1 Å². The molecule has 7 heteroatoms. The van der Waals surface area contributed by atoms with E-state index in [1.54, 1.807) is 6.26 Å². The predicted molar refractivity (Wildman–Crippen MR) is 113 cm³/mol. The number of nitrogens with one attached hydrogen (secondary N) is 2. The summed E-state index contributed by atoms with van der Waals surface area (Å²) >= 11 is 0. The predicted octanol–water partition coefficient (Wildman–Crippen LogP) is 2.89. The van der Waals surface area contributed by atoms with Crippen molar-refractivity contribution in [3.63, 3.8) is 0 Å². The number of carbonyl (C=O) groups is 1. The van der Waals surface area contributed by atoms with Gasteiger partial charge in [0.15, 0.2) is 5.96 Å². The van der Waals surface area contributed by atoms with E-state index in [9.17, 15) is 4.79 Å². The number of nitrogens with zero attached hydrogens (tertiary/aromatic N) is 2. The van der Waals surface area contributed by atoms with Crippen LogP contribution >= 0.6 is 24.0 Å². The molecule has 0 unspecified atom stereocenters. The van der Waals surface area contributed by atoms with Gasteiger partial charge < -0.3 is 20.0 Å². The molecule has 2 N–H and O–H groups in total. The molecule has 0 spiro atoms. The fourth-order valence-electron chi connectivity index (χ4n) is 2.08. The van der Waals surface area contributed by atoms with Crippen LogP contribution in [0.1, 0.15) is 40.4 Å². The Morgan fingerprint density at radius 2 is 2.04 bits per heavy atom. The van der Waals surface area contributed by atoms with E-state index in [2.05, 4.69) is 29.5 Å². The number of aliphatic imine (C=N–C) groups is 1. The van der Waals surface area contributed by atoms with E-state index in [-0.39, 0.29) is 42.0 Å². The van der Waals surface area contributed by atoms with Crippen LogP contribution in [0.2, 0.25) is 0 Å². The van der Waals surface area contributed by atoms with E-state index >= 15 is 0 Å². The average Bonchev–Trinajstić information content (AvgIpc) is 2.92. The van der Waals surface area contributed by atoms with Crippen molar-refractivity contribution in [3.8, 4) is 0 Å². The second-order valence-corrected chi connectivity index (χ2v) is 7.47. The molecule has 0 aliphatic carbocycles. The number of amides is 1. The molecule has 1 aromatic rings. The zero-order valence-corrected chi connectivity index (χ0v) is 18.6. The van der Waals surface area contributed by atoms with Crippen LogP contribution in [-0.2, 0) is 11.2 Å². The number of likely N-dealkylation sites (N-methyl/N-ethyl adjacent to an activating group) is 1. The van der Waals surface area contributed by atoms with E-state index in [1.807, 2.05) is 44.9 Å². The van der Waals surface area contributed by atoms with Crippen molar-refractivity contribution in [1.82, 2.24) is 15.5 Å². The summed E-state index contributed by atoms with van der Waals surface area (Å²) in [6, 6.07) is 3.83. The molecule has 1 heterocycles. The Balaban J connectivity index is 0.00000576. The number of hydrogen-bond acceptors (Lipinski definition) is 3. The molecule has 0 aromatic carbocycles. The van der Waals surface area contributed by atoms with E-state index < -0.39 is 0 Å². The zero-order valence-electron chi connectivity index (χ0n) is 16.3. The summed E-state index contributed by atoms with van der Waals surface area (Å²) in [6.45, 7) is 11.8. The molecule has 6 nitrogen and oxygen atoms in total. The molecule has 25 heavy (non-hydrogen) atoms. The maximum atomic E-state index is 12.1. The highest BCUT2D eigenvalue weighted by Gasteiger charge is 2.17. The van der Waals surface area contributed by atoms with Crippen LogP contribution in [0, 0.1) is 5.92 Å². The lowest BCUT2D eigenvalue weighted by atomic mass is 10.1. The largest absolute Gasteiger partial charge is 0.469 e. The van der Waals surface area contributed by atoms with Crippen molar-refractivity contribution < 1.29 is 9.21 Å². The Labute approximate surface area is 168 Å². The monoisotopic (exact) mass is 464 g/mol. The minimum absolute atomic E-state index is 0. The summed E-state index contributed by atoms with van der Waals surface area (Å²) in [5.41, 5.74) is -0.236. The van der Waals surface area contributed by atoms with Crippen molar-refractivity contribution in [2.45, 2.75) is 46.6 Å². The number of halogens is 1. The molecule has 0 saturated carbocycles. The summed E-state index contributed by atoms with van der Waals surface area (Å²) in [5, 5.41) is 6.29.